The van der Waals surface area contributed by atoms with Gasteiger partial charge < -0.3 is 5.32 Å². The zero-order valence-corrected chi connectivity index (χ0v) is 10.4. The van der Waals surface area contributed by atoms with Crippen LogP contribution in [0.1, 0.15) is 31.1 Å². The maximum Gasteiger partial charge on any atom is 0.324 e. The number of hydrogen-bond donors (Lipinski definition) is 1. The van der Waals surface area contributed by atoms with Crippen molar-refractivity contribution in [1.82, 2.24) is 10.2 Å². The van der Waals surface area contributed by atoms with E-state index in [1.807, 2.05) is 19.9 Å². The first-order valence-electron chi connectivity index (χ1n) is 5.73. The van der Waals surface area contributed by atoms with Crippen molar-refractivity contribution in [3.05, 3.63) is 35.9 Å². The molecule has 17 heavy (non-hydrogen) atoms. The first kappa shape index (κ1) is 13.2. The van der Waals surface area contributed by atoms with E-state index >= 15 is 0 Å². The number of carbonyl (C=O) groups is 2. The number of nitrogens with zero attached hydrogens (tertiary/aromatic N) is 1. The van der Waals surface area contributed by atoms with Gasteiger partial charge in [-0.1, -0.05) is 18.2 Å². The highest BCUT2D eigenvalue weighted by Crippen LogP contribution is 2.05. The van der Waals surface area contributed by atoms with E-state index in [1.54, 1.807) is 31.2 Å². The molecule has 92 valence electrons. The van der Waals surface area contributed by atoms with Crippen LogP contribution in [0.15, 0.2) is 30.3 Å². The fourth-order valence-electron chi connectivity index (χ4n) is 1.44. The van der Waals surface area contributed by atoms with Gasteiger partial charge in [0, 0.05) is 18.2 Å². The molecule has 0 spiro atoms. The number of hydrogen-bond acceptors (Lipinski definition) is 2. The second kappa shape index (κ2) is 6.03. The number of rotatable bonds is 3. The summed E-state index contributed by atoms with van der Waals surface area (Å²) in [5, 5.41) is 2.71. The third-order valence-electron chi connectivity index (χ3n) is 2.24. The maximum atomic E-state index is 12.1. The summed E-state index contributed by atoms with van der Waals surface area (Å²) in [6, 6.07) is 8.46. The molecule has 0 heterocycles. The minimum absolute atomic E-state index is 0.0140. The fraction of sp³-hybridized carbons (Fsp3) is 0.385. The number of nitrogens with one attached hydrogen (secondary N) is 1. The van der Waals surface area contributed by atoms with E-state index in [9.17, 15) is 9.59 Å². The minimum Gasteiger partial charge on any atom is -0.335 e. The predicted octanol–water partition coefficient (Wildman–Crippen LogP) is 2.27. The lowest BCUT2D eigenvalue weighted by molar-refractivity contribution is 0.0806. The summed E-state index contributed by atoms with van der Waals surface area (Å²) < 4.78 is 0. The molecule has 0 atom stereocenters. The Morgan fingerprint density at radius 3 is 2.29 bits per heavy atom. The molecule has 0 bridgehead atoms. The number of urea groups is 1. The molecule has 0 radical (unpaired) electrons. The molecular formula is C13H18N2O2. The number of carbonyl (C=O) groups excluding carboxylic acids is 2. The Morgan fingerprint density at radius 1 is 1.24 bits per heavy atom. The van der Waals surface area contributed by atoms with Crippen LogP contribution in [0, 0.1) is 0 Å². The maximum absolute atomic E-state index is 12.1. The Kier molecular flexibility index (Phi) is 4.69. The third kappa shape index (κ3) is 3.59. The molecule has 0 aliphatic heterocycles. The van der Waals surface area contributed by atoms with Gasteiger partial charge in [0.05, 0.1) is 0 Å². The van der Waals surface area contributed by atoms with Gasteiger partial charge in [-0.15, -0.1) is 0 Å². The molecule has 1 aromatic rings. The second-order valence-corrected chi connectivity index (χ2v) is 4.02. The molecule has 1 aromatic carbocycles. The molecule has 0 aromatic heterocycles. The summed E-state index contributed by atoms with van der Waals surface area (Å²) in [5.74, 6) is -0.272. The Hall–Kier alpha value is -1.84. The van der Waals surface area contributed by atoms with Crippen LogP contribution in [0.4, 0.5) is 4.79 Å². The smallest absolute Gasteiger partial charge is 0.324 e. The summed E-state index contributed by atoms with van der Waals surface area (Å²) in [6.45, 7) is 5.85. The number of imide groups is 1. The summed E-state index contributed by atoms with van der Waals surface area (Å²) in [4.78, 5) is 25.1. The number of benzene rings is 1. The van der Waals surface area contributed by atoms with Crippen molar-refractivity contribution in [3.8, 4) is 0 Å². The summed E-state index contributed by atoms with van der Waals surface area (Å²) in [6.07, 6.45) is 0. The van der Waals surface area contributed by atoms with Crippen LogP contribution < -0.4 is 5.32 Å². The fourth-order valence-corrected chi connectivity index (χ4v) is 1.44. The van der Waals surface area contributed by atoms with Crippen molar-refractivity contribution in [2.24, 2.45) is 0 Å². The Labute approximate surface area is 102 Å². The standard InChI is InChI=1S/C13H18N2O2/c1-4-15(13(17)14-10(2)3)12(16)11-8-6-5-7-9-11/h5-10H,4H2,1-3H3,(H,14,17). The van der Waals surface area contributed by atoms with Gasteiger partial charge >= 0.3 is 6.03 Å². The highest BCUT2D eigenvalue weighted by atomic mass is 16.2. The van der Waals surface area contributed by atoms with Gasteiger partial charge in [0.25, 0.3) is 5.91 Å². The van der Waals surface area contributed by atoms with Gasteiger partial charge in [-0.25, -0.2) is 4.79 Å². The largest absolute Gasteiger partial charge is 0.335 e. The van der Waals surface area contributed by atoms with Gasteiger partial charge in [-0.05, 0) is 32.9 Å². The predicted molar refractivity (Wildman–Crippen MR) is 66.8 cm³/mol. The van der Waals surface area contributed by atoms with E-state index in [2.05, 4.69) is 5.32 Å². The van der Waals surface area contributed by atoms with Gasteiger partial charge in [0.2, 0.25) is 0 Å². The first-order chi connectivity index (χ1) is 8.06. The molecule has 0 aliphatic carbocycles. The molecule has 0 aliphatic rings. The lowest BCUT2D eigenvalue weighted by atomic mass is 10.2. The Balaban J connectivity index is 2.81. The molecule has 1 rings (SSSR count). The molecular weight excluding hydrogens is 216 g/mol. The van der Waals surface area contributed by atoms with Crippen LogP contribution in [0.5, 0.6) is 0 Å². The van der Waals surface area contributed by atoms with Gasteiger partial charge in [0.1, 0.15) is 0 Å². The van der Waals surface area contributed by atoms with E-state index in [-0.39, 0.29) is 18.0 Å². The molecule has 0 fully saturated rings. The van der Waals surface area contributed by atoms with E-state index in [0.717, 1.165) is 0 Å². The summed E-state index contributed by atoms with van der Waals surface area (Å²) in [5.41, 5.74) is 0.522. The SMILES string of the molecule is CCN(C(=O)NC(C)C)C(=O)c1ccccc1. The van der Waals surface area contributed by atoms with Gasteiger partial charge in [-0.2, -0.15) is 0 Å². The van der Waals surface area contributed by atoms with Crippen molar-refractivity contribution in [2.75, 3.05) is 6.54 Å². The van der Waals surface area contributed by atoms with Crippen LogP contribution in [0.3, 0.4) is 0 Å². The normalized spacial score (nSPS) is 10.1. The molecule has 4 nitrogen and oxygen atoms in total. The highest BCUT2D eigenvalue weighted by molar-refractivity contribution is 6.04. The lowest BCUT2D eigenvalue weighted by Crippen LogP contribution is -2.46. The zero-order chi connectivity index (χ0) is 12.8. The molecule has 1 N–H and O–H groups in total. The van der Waals surface area contributed by atoms with Crippen LogP contribution in [-0.4, -0.2) is 29.4 Å². The average molecular weight is 234 g/mol. The quantitative estimate of drug-likeness (QED) is 0.872. The van der Waals surface area contributed by atoms with Crippen molar-refractivity contribution < 1.29 is 9.59 Å². The van der Waals surface area contributed by atoms with E-state index in [4.69, 9.17) is 0 Å². The molecule has 0 saturated heterocycles. The monoisotopic (exact) mass is 234 g/mol. The molecule has 4 heteroatoms. The van der Waals surface area contributed by atoms with Crippen molar-refractivity contribution in [1.29, 1.82) is 0 Å². The Bertz CT molecular complexity index is 388. The first-order valence-corrected chi connectivity index (χ1v) is 5.73. The van der Waals surface area contributed by atoms with Crippen LogP contribution in [-0.2, 0) is 0 Å². The lowest BCUT2D eigenvalue weighted by Gasteiger charge is -2.21. The number of amides is 3. The van der Waals surface area contributed by atoms with Crippen LogP contribution >= 0.6 is 0 Å². The Morgan fingerprint density at radius 2 is 1.82 bits per heavy atom. The van der Waals surface area contributed by atoms with Crippen molar-refractivity contribution in [3.63, 3.8) is 0 Å². The van der Waals surface area contributed by atoms with Crippen molar-refractivity contribution in [2.45, 2.75) is 26.8 Å². The minimum atomic E-state index is -0.351. The molecule has 0 saturated carbocycles. The van der Waals surface area contributed by atoms with E-state index < -0.39 is 0 Å². The van der Waals surface area contributed by atoms with E-state index in [0.29, 0.717) is 12.1 Å². The molecule has 3 amide bonds. The zero-order valence-electron chi connectivity index (χ0n) is 10.4. The van der Waals surface area contributed by atoms with Crippen molar-refractivity contribution >= 4 is 11.9 Å². The highest BCUT2D eigenvalue weighted by Gasteiger charge is 2.21. The van der Waals surface area contributed by atoms with Gasteiger partial charge in [0.15, 0.2) is 0 Å². The van der Waals surface area contributed by atoms with Gasteiger partial charge in [-0.3, -0.25) is 9.69 Å². The summed E-state index contributed by atoms with van der Waals surface area (Å²) in [7, 11) is 0. The molecule has 0 unspecified atom stereocenters. The topological polar surface area (TPSA) is 49.4 Å². The van der Waals surface area contributed by atoms with Crippen LogP contribution in [0.2, 0.25) is 0 Å². The second-order valence-electron chi connectivity index (χ2n) is 4.02. The summed E-state index contributed by atoms with van der Waals surface area (Å²) >= 11 is 0. The third-order valence-corrected chi connectivity index (χ3v) is 2.24. The average Bonchev–Trinajstić information content (AvgIpc) is 2.30. The van der Waals surface area contributed by atoms with Crippen LogP contribution in [0.25, 0.3) is 0 Å². The van der Waals surface area contributed by atoms with E-state index in [1.165, 1.54) is 4.90 Å².